The van der Waals surface area contributed by atoms with Gasteiger partial charge in [-0.2, -0.15) is 13.2 Å². The minimum absolute atomic E-state index is 0.0729. The van der Waals surface area contributed by atoms with Gasteiger partial charge in [-0.1, -0.05) is 0 Å². The number of aliphatic hydroxyl groups is 1. The molecule has 3 atom stereocenters. The fourth-order valence-corrected chi connectivity index (χ4v) is 2.31. The quantitative estimate of drug-likeness (QED) is 0.802. The highest BCUT2D eigenvalue weighted by Crippen LogP contribution is 2.35. The molecule has 7 nitrogen and oxygen atoms in total. The molecule has 3 N–H and O–H groups in total. The lowest BCUT2D eigenvalue weighted by Gasteiger charge is -2.16. The molecule has 0 aliphatic carbocycles. The van der Waals surface area contributed by atoms with Crippen LogP contribution < -0.4 is 5.73 Å². The van der Waals surface area contributed by atoms with Crippen LogP contribution in [0.15, 0.2) is 6.33 Å². The summed E-state index contributed by atoms with van der Waals surface area (Å²) in [5.74, 6) is -1.89. The Hall–Kier alpha value is -2.01. The summed E-state index contributed by atoms with van der Waals surface area (Å²) in [5, 5.41) is 9.00. The van der Waals surface area contributed by atoms with Crippen LogP contribution in [0.3, 0.4) is 0 Å². The molecule has 1 fully saturated rings. The highest BCUT2D eigenvalue weighted by atomic mass is 19.4. The molecule has 1 saturated heterocycles. The largest absolute Gasteiger partial charge is 0.451 e. The summed E-state index contributed by atoms with van der Waals surface area (Å²) in [7, 11) is 0. The summed E-state index contributed by atoms with van der Waals surface area (Å²) in [6.07, 6.45) is -7.26. The van der Waals surface area contributed by atoms with Crippen LogP contribution in [-0.4, -0.2) is 43.5 Å². The maximum absolute atomic E-state index is 14.0. The molecule has 0 radical (unpaired) electrons. The van der Waals surface area contributed by atoms with Crippen LogP contribution in [0.4, 0.5) is 23.4 Å². The van der Waals surface area contributed by atoms with Gasteiger partial charge in [0, 0.05) is 6.42 Å². The molecular formula is C11H11F4N5O2. The van der Waals surface area contributed by atoms with Gasteiger partial charge in [0.15, 0.2) is 17.7 Å². The van der Waals surface area contributed by atoms with Gasteiger partial charge in [0.05, 0.1) is 19.0 Å². The zero-order valence-electron chi connectivity index (χ0n) is 11.0. The summed E-state index contributed by atoms with van der Waals surface area (Å²) >= 11 is 0. The lowest BCUT2D eigenvalue weighted by atomic mass is 10.2. The lowest BCUT2D eigenvalue weighted by Crippen LogP contribution is -2.18. The number of nitrogen functional groups attached to an aromatic ring is 1. The van der Waals surface area contributed by atoms with Crippen molar-refractivity contribution >= 4 is 17.0 Å². The number of halogens is 4. The van der Waals surface area contributed by atoms with Crippen molar-refractivity contribution in [2.45, 2.75) is 31.1 Å². The van der Waals surface area contributed by atoms with E-state index >= 15 is 0 Å². The molecule has 3 heterocycles. The Labute approximate surface area is 120 Å². The van der Waals surface area contributed by atoms with Crippen molar-refractivity contribution in [3.05, 3.63) is 12.2 Å². The minimum atomic E-state index is -4.79. The Balaban J connectivity index is 2.10. The number of fused-ring (bicyclic) bond motifs is 1. The van der Waals surface area contributed by atoms with Gasteiger partial charge in [-0.25, -0.2) is 19.3 Å². The van der Waals surface area contributed by atoms with Crippen LogP contribution in [0.25, 0.3) is 11.2 Å². The standard InChI is InChI=1S/C11H11F4N5O2/c12-5-1-4(2-21)22-9(5)20-3-17-6-7(16)18-10(11(13,14)15)19-8(6)20/h3-5,9,21H,1-2H2,(H2,16,18,19). The predicted octanol–water partition coefficient (Wildman–Crippen LogP) is 1.05. The topological polar surface area (TPSA) is 99.1 Å². The van der Waals surface area contributed by atoms with Crippen LogP contribution in [0, 0.1) is 0 Å². The Bertz CT molecular complexity index is 704. The third kappa shape index (κ3) is 2.35. The zero-order chi connectivity index (χ0) is 16.1. The van der Waals surface area contributed by atoms with Crippen molar-refractivity contribution in [3.63, 3.8) is 0 Å². The third-order valence-corrected chi connectivity index (χ3v) is 3.31. The maximum Gasteiger partial charge on any atom is 0.451 e. The van der Waals surface area contributed by atoms with Gasteiger partial charge in [-0.15, -0.1) is 0 Å². The summed E-state index contributed by atoms with van der Waals surface area (Å²) < 4.78 is 58.5. The normalized spacial score (nSPS) is 26.0. The Kier molecular flexibility index (Phi) is 3.40. The lowest BCUT2D eigenvalue weighted by molar-refractivity contribution is -0.144. The molecule has 0 spiro atoms. The molecule has 0 aromatic carbocycles. The molecule has 1 aliphatic heterocycles. The van der Waals surface area contributed by atoms with E-state index in [-0.39, 0.29) is 17.6 Å². The van der Waals surface area contributed by atoms with Gasteiger partial charge in [-0.3, -0.25) is 4.57 Å². The van der Waals surface area contributed by atoms with Gasteiger partial charge < -0.3 is 15.6 Å². The first-order chi connectivity index (χ1) is 10.3. The van der Waals surface area contributed by atoms with Gasteiger partial charge >= 0.3 is 6.18 Å². The molecule has 11 heteroatoms. The van der Waals surface area contributed by atoms with Crippen LogP contribution in [0.2, 0.25) is 0 Å². The van der Waals surface area contributed by atoms with E-state index < -0.39 is 42.9 Å². The molecule has 22 heavy (non-hydrogen) atoms. The first-order valence-electron chi connectivity index (χ1n) is 6.29. The number of hydrogen-bond acceptors (Lipinski definition) is 6. The summed E-state index contributed by atoms with van der Waals surface area (Å²) in [4.78, 5) is 10.3. The molecule has 2 aromatic heterocycles. The number of ether oxygens (including phenoxy) is 1. The molecule has 1 aliphatic rings. The molecule has 0 saturated carbocycles. The van der Waals surface area contributed by atoms with Gasteiger partial charge in [-0.05, 0) is 0 Å². The van der Waals surface area contributed by atoms with Crippen LogP contribution in [0.1, 0.15) is 18.5 Å². The zero-order valence-corrected chi connectivity index (χ0v) is 11.0. The van der Waals surface area contributed by atoms with Crippen molar-refractivity contribution in [3.8, 4) is 0 Å². The third-order valence-electron chi connectivity index (χ3n) is 3.31. The maximum atomic E-state index is 14.0. The number of nitrogens with two attached hydrogens (primary N) is 1. The first-order valence-corrected chi connectivity index (χ1v) is 6.29. The average Bonchev–Trinajstić information content (AvgIpc) is 3.01. The van der Waals surface area contributed by atoms with Crippen molar-refractivity contribution in [2.75, 3.05) is 12.3 Å². The fourth-order valence-electron chi connectivity index (χ4n) is 2.31. The van der Waals surface area contributed by atoms with Gasteiger partial charge in [0.25, 0.3) is 0 Å². The molecule has 3 unspecified atom stereocenters. The molecular weight excluding hydrogens is 310 g/mol. The molecule has 2 aromatic rings. The monoisotopic (exact) mass is 321 g/mol. The van der Waals surface area contributed by atoms with E-state index in [0.29, 0.717) is 0 Å². The van der Waals surface area contributed by atoms with E-state index in [0.717, 1.165) is 10.9 Å². The Morgan fingerprint density at radius 2 is 2.14 bits per heavy atom. The minimum Gasteiger partial charge on any atom is -0.394 e. The van der Waals surface area contributed by atoms with Crippen LogP contribution in [0.5, 0.6) is 0 Å². The number of imidazole rings is 1. The average molecular weight is 321 g/mol. The number of aromatic nitrogens is 4. The number of aliphatic hydroxyl groups excluding tert-OH is 1. The molecule has 3 rings (SSSR count). The summed E-state index contributed by atoms with van der Waals surface area (Å²) in [5.41, 5.74) is 5.11. The fraction of sp³-hybridized carbons (Fsp3) is 0.545. The van der Waals surface area contributed by atoms with Crippen LogP contribution >= 0.6 is 0 Å². The SMILES string of the molecule is Nc1nc(C(F)(F)F)nc2c1ncn2C1OC(CO)CC1F. The van der Waals surface area contributed by atoms with E-state index in [4.69, 9.17) is 15.6 Å². The first kappa shape index (κ1) is 14.9. The smallest absolute Gasteiger partial charge is 0.394 e. The highest BCUT2D eigenvalue weighted by molar-refractivity contribution is 5.81. The summed E-state index contributed by atoms with van der Waals surface area (Å²) in [6, 6.07) is 0. The van der Waals surface area contributed by atoms with E-state index in [1.165, 1.54) is 0 Å². The number of hydrogen-bond donors (Lipinski definition) is 2. The number of nitrogens with zero attached hydrogens (tertiary/aromatic N) is 4. The van der Waals surface area contributed by atoms with E-state index in [1.807, 2.05) is 0 Å². The van der Waals surface area contributed by atoms with Gasteiger partial charge in [0.1, 0.15) is 11.7 Å². The number of anilines is 1. The highest BCUT2D eigenvalue weighted by Gasteiger charge is 2.39. The Morgan fingerprint density at radius 1 is 1.41 bits per heavy atom. The molecule has 0 bridgehead atoms. The van der Waals surface area contributed by atoms with Crippen molar-refractivity contribution in [2.24, 2.45) is 0 Å². The van der Waals surface area contributed by atoms with E-state index in [9.17, 15) is 17.6 Å². The number of alkyl halides is 4. The van der Waals surface area contributed by atoms with Crippen LogP contribution in [-0.2, 0) is 10.9 Å². The Morgan fingerprint density at radius 3 is 2.73 bits per heavy atom. The second kappa shape index (κ2) is 5.02. The molecule has 120 valence electrons. The van der Waals surface area contributed by atoms with Crippen molar-refractivity contribution < 1.29 is 27.4 Å². The second-order valence-corrected chi connectivity index (χ2v) is 4.84. The van der Waals surface area contributed by atoms with Gasteiger partial charge in [0.2, 0.25) is 5.82 Å². The summed E-state index contributed by atoms with van der Waals surface area (Å²) in [6.45, 7) is -0.394. The predicted molar refractivity (Wildman–Crippen MR) is 65.2 cm³/mol. The number of rotatable bonds is 2. The van der Waals surface area contributed by atoms with E-state index in [2.05, 4.69) is 15.0 Å². The van der Waals surface area contributed by atoms with Crippen molar-refractivity contribution in [1.29, 1.82) is 0 Å². The second-order valence-electron chi connectivity index (χ2n) is 4.84. The van der Waals surface area contributed by atoms with Crippen molar-refractivity contribution in [1.82, 2.24) is 19.5 Å². The molecule has 0 amide bonds. The van der Waals surface area contributed by atoms with E-state index in [1.54, 1.807) is 0 Å².